The summed E-state index contributed by atoms with van der Waals surface area (Å²) in [5.74, 6) is -3.88. The van der Waals surface area contributed by atoms with Crippen LogP contribution >= 0.6 is 15.9 Å². The smallest absolute Gasteiger partial charge is 0.318 e. The average Bonchev–Trinajstić information content (AvgIpc) is 2.46. The molecule has 0 aliphatic heterocycles. The van der Waals surface area contributed by atoms with Crippen molar-refractivity contribution in [2.45, 2.75) is 6.42 Å². The third-order valence-electron chi connectivity index (χ3n) is 1.62. The Morgan fingerprint density at radius 2 is 2.00 bits per heavy atom. The monoisotopic (exact) mass is 262 g/mol. The molecule has 2 N–H and O–H groups in total. The van der Waals surface area contributed by atoms with Crippen LogP contribution in [0.2, 0.25) is 0 Å². The predicted molar refractivity (Wildman–Crippen MR) is 48.9 cm³/mol. The molecule has 0 spiro atoms. The third-order valence-corrected chi connectivity index (χ3v) is 2.04. The molecule has 0 unspecified atom stereocenters. The summed E-state index contributed by atoms with van der Waals surface area (Å²) in [6.45, 7) is 0. The highest BCUT2D eigenvalue weighted by atomic mass is 79.9. The zero-order chi connectivity index (χ0) is 10.7. The molecule has 0 fully saturated rings. The second kappa shape index (κ2) is 4.28. The lowest BCUT2D eigenvalue weighted by Crippen LogP contribution is -2.25. The minimum absolute atomic E-state index is 0.156. The van der Waals surface area contributed by atoms with Crippen molar-refractivity contribution in [3.8, 4) is 0 Å². The lowest BCUT2D eigenvalue weighted by atomic mass is 10.1. The standard InChI is InChI=1S/C8H7BrO5/c9-4-1-5(14-3-4)2-6(7(10)11)8(12)13/h1,3,6H,2H2,(H,10,11)(H,12,13). The van der Waals surface area contributed by atoms with Crippen LogP contribution in [0, 0.1) is 5.92 Å². The van der Waals surface area contributed by atoms with E-state index in [1.54, 1.807) is 6.07 Å². The summed E-state index contributed by atoms with van der Waals surface area (Å²) in [5, 5.41) is 17.2. The Morgan fingerprint density at radius 3 is 2.36 bits per heavy atom. The molecule has 0 radical (unpaired) electrons. The van der Waals surface area contributed by atoms with Crippen molar-refractivity contribution in [1.29, 1.82) is 0 Å². The molecule has 76 valence electrons. The van der Waals surface area contributed by atoms with Gasteiger partial charge in [-0.3, -0.25) is 9.59 Å². The Morgan fingerprint density at radius 1 is 1.43 bits per heavy atom. The van der Waals surface area contributed by atoms with E-state index >= 15 is 0 Å². The van der Waals surface area contributed by atoms with Crippen molar-refractivity contribution in [1.82, 2.24) is 0 Å². The molecule has 1 aromatic heterocycles. The number of carboxylic acid groups (broad SMARTS) is 2. The first kappa shape index (κ1) is 10.8. The van der Waals surface area contributed by atoms with E-state index in [2.05, 4.69) is 15.9 Å². The molecule has 0 bridgehead atoms. The first-order valence-electron chi connectivity index (χ1n) is 3.69. The van der Waals surface area contributed by atoms with Gasteiger partial charge >= 0.3 is 11.9 Å². The second-order valence-electron chi connectivity index (χ2n) is 2.66. The van der Waals surface area contributed by atoms with Crippen LogP contribution in [0.3, 0.4) is 0 Å². The molecule has 0 aliphatic carbocycles. The van der Waals surface area contributed by atoms with Crippen LogP contribution in [0.15, 0.2) is 21.2 Å². The molecule has 14 heavy (non-hydrogen) atoms. The van der Waals surface area contributed by atoms with E-state index in [9.17, 15) is 9.59 Å². The molecule has 0 atom stereocenters. The minimum Gasteiger partial charge on any atom is -0.481 e. The number of hydrogen-bond acceptors (Lipinski definition) is 3. The van der Waals surface area contributed by atoms with Gasteiger partial charge < -0.3 is 14.6 Å². The fourth-order valence-corrected chi connectivity index (χ4v) is 1.29. The van der Waals surface area contributed by atoms with E-state index in [1.165, 1.54) is 6.26 Å². The predicted octanol–water partition coefficient (Wildman–Crippen LogP) is 1.37. The maximum Gasteiger partial charge on any atom is 0.318 e. The van der Waals surface area contributed by atoms with Crippen molar-refractivity contribution < 1.29 is 24.2 Å². The molecule has 0 aliphatic rings. The van der Waals surface area contributed by atoms with E-state index in [0.29, 0.717) is 10.2 Å². The minimum atomic E-state index is -1.46. The van der Waals surface area contributed by atoms with Crippen molar-refractivity contribution in [2.24, 2.45) is 5.92 Å². The molecular formula is C8H7BrO5. The summed E-state index contributed by atoms with van der Waals surface area (Å²) in [7, 11) is 0. The van der Waals surface area contributed by atoms with Gasteiger partial charge in [-0.05, 0) is 22.0 Å². The summed E-state index contributed by atoms with van der Waals surface area (Å²) in [6, 6.07) is 1.54. The maximum absolute atomic E-state index is 10.5. The van der Waals surface area contributed by atoms with Crippen LogP contribution in [0.1, 0.15) is 5.76 Å². The molecule has 6 heteroatoms. The maximum atomic E-state index is 10.5. The van der Waals surface area contributed by atoms with Crippen molar-refractivity contribution in [2.75, 3.05) is 0 Å². The largest absolute Gasteiger partial charge is 0.481 e. The van der Waals surface area contributed by atoms with E-state index < -0.39 is 17.9 Å². The van der Waals surface area contributed by atoms with Crippen LogP contribution in [-0.4, -0.2) is 22.2 Å². The summed E-state index contributed by atoms with van der Waals surface area (Å²) in [4.78, 5) is 21.0. The van der Waals surface area contributed by atoms with E-state index in [4.69, 9.17) is 14.6 Å². The number of furan rings is 1. The molecule has 0 saturated heterocycles. The summed E-state index contributed by atoms with van der Waals surface area (Å²) < 4.78 is 5.58. The molecule has 5 nitrogen and oxygen atoms in total. The van der Waals surface area contributed by atoms with Gasteiger partial charge in [-0.15, -0.1) is 0 Å². The number of halogens is 1. The Hall–Kier alpha value is -1.30. The normalized spacial score (nSPS) is 10.4. The highest BCUT2D eigenvalue weighted by Gasteiger charge is 2.27. The Kier molecular flexibility index (Phi) is 3.29. The third kappa shape index (κ3) is 2.59. The quantitative estimate of drug-likeness (QED) is 0.801. The number of carbonyl (C=O) groups is 2. The van der Waals surface area contributed by atoms with Crippen LogP contribution < -0.4 is 0 Å². The molecular weight excluding hydrogens is 256 g/mol. The fourth-order valence-electron chi connectivity index (χ4n) is 0.942. The summed E-state index contributed by atoms with van der Waals surface area (Å²) >= 11 is 3.11. The van der Waals surface area contributed by atoms with Gasteiger partial charge in [0.2, 0.25) is 0 Å². The van der Waals surface area contributed by atoms with Crippen LogP contribution in [0.5, 0.6) is 0 Å². The summed E-state index contributed by atoms with van der Waals surface area (Å²) in [5.41, 5.74) is 0. The van der Waals surface area contributed by atoms with Gasteiger partial charge in [-0.2, -0.15) is 0 Å². The van der Waals surface area contributed by atoms with E-state index in [0.717, 1.165) is 0 Å². The van der Waals surface area contributed by atoms with Gasteiger partial charge in [0.05, 0.1) is 4.47 Å². The lowest BCUT2D eigenvalue weighted by Gasteiger charge is -2.03. The molecule has 1 heterocycles. The van der Waals surface area contributed by atoms with Gasteiger partial charge in [0.15, 0.2) is 5.92 Å². The van der Waals surface area contributed by atoms with Gasteiger partial charge in [0.1, 0.15) is 12.0 Å². The number of aliphatic carboxylic acids is 2. The molecule has 0 amide bonds. The number of carboxylic acids is 2. The van der Waals surface area contributed by atoms with Gasteiger partial charge in [0, 0.05) is 6.42 Å². The van der Waals surface area contributed by atoms with Gasteiger partial charge in [0.25, 0.3) is 0 Å². The van der Waals surface area contributed by atoms with Crippen molar-refractivity contribution in [3.63, 3.8) is 0 Å². The Bertz CT molecular complexity index is 342. The SMILES string of the molecule is O=C(O)C(Cc1cc(Br)co1)C(=O)O. The zero-order valence-corrected chi connectivity index (χ0v) is 8.52. The van der Waals surface area contributed by atoms with Crippen molar-refractivity contribution in [3.05, 3.63) is 22.6 Å². The number of hydrogen-bond donors (Lipinski definition) is 2. The molecule has 1 rings (SSSR count). The second-order valence-corrected chi connectivity index (χ2v) is 3.58. The molecule has 0 saturated carbocycles. The van der Waals surface area contributed by atoms with E-state index in [1.807, 2.05) is 0 Å². The first-order chi connectivity index (χ1) is 6.50. The zero-order valence-electron chi connectivity index (χ0n) is 6.94. The van der Waals surface area contributed by atoms with Crippen LogP contribution in [-0.2, 0) is 16.0 Å². The highest BCUT2D eigenvalue weighted by molar-refractivity contribution is 9.10. The molecule has 1 aromatic rings. The number of rotatable bonds is 4. The topological polar surface area (TPSA) is 87.7 Å². The average molecular weight is 263 g/mol. The Labute approximate surface area is 87.5 Å². The highest BCUT2D eigenvalue weighted by Crippen LogP contribution is 2.17. The van der Waals surface area contributed by atoms with Gasteiger partial charge in [-0.25, -0.2) is 0 Å². The molecule has 0 aromatic carbocycles. The van der Waals surface area contributed by atoms with E-state index in [-0.39, 0.29) is 6.42 Å². The van der Waals surface area contributed by atoms with Crippen molar-refractivity contribution >= 4 is 27.9 Å². The van der Waals surface area contributed by atoms with Gasteiger partial charge in [-0.1, -0.05) is 0 Å². The first-order valence-corrected chi connectivity index (χ1v) is 4.48. The lowest BCUT2D eigenvalue weighted by molar-refractivity contribution is -0.154. The Balaban J connectivity index is 2.74. The summed E-state index contributed by atoms with van der Waals surface area (Å²) in [6.07, 6.45) is 1.21. The fraction of sp³-hybridized carbons (Fsp3) is 0.250. The van der Waals surface area contributed by atoms with Crippen LogP contribution in [0.25, 0.3) is 0 Å². The van der Waals surface area contributed by atoms with Crippen LogP contribution in [0.4, 0.5) is 0 Å².